The van der Waals surface area contributed by atoms with E-state index in [2.05, 4.69) is 10.6 Å². The van der Waals surface area contributed by atoms with E-state index >= 15 is 0 Å². The van der Waals surface area contributed by atoms with Crippen molar-refractivity contribution in [3.63, 3.8) is 0 Å². The zero-order valence-electron chi connectivity index (χ0n) is 17.3. The Bertz CT molecular complexity index is 723. The van der Waals surface area contributed by atoms with Crippen molar-refractivity contribution in [2.24, 2.45) is 11.7 Å². The summed E-state index contributed by atoms with van der Waals surface area (Å²) < 4.78 is 0. The molecule has 160 valence electrons. The van der Waals surface area contributed by atoms with Crippen LogP contribution >= 0.6 is 11.6 Å². The fraction of sp³-hybridized carbons (Fsp3) is 0.571. The summed E-state index contributed by atoms with van der Waals surface area (Å²) in [6, 6.07) is 5.31. The van der Waals surface area contributed by atoms with Crippen molar-refractivity contribution in [3.8, 4) is 0 Å². The highest BCUT2D eigenvalue weighted by Gasteiger charge is 2.36. The van der Waals surface area contributed by atoms with Gasteiger partial charge in [-0.25, -0.2) is 0 Å². The maximum absolute atomic E-state index is 12.8. The Kier molecular flexibility index (Phi) is 8.46. The highest BCUT2D eigenvalue weighted by molar-refractivity contribution is 6.30. The Morgan fingerprint density at radius 3 is 2.48 bits per heavy atom. The third-order valence-corrected chi connectivity index (χ3v) is 5.26. The Hall–Kier alpha value is -2.12. The number of halogens is 1. The Morgan fingerprint density at radius 2 is 1.86 bits per heavy atom. The molecule has 29 heavy (non-hydrogen) atoms. The van der Waals surface area contributed by atoms with E-state index < -0.39 is 18.1 Å². The molecule has 3 amide bonds. The van der Waals surface area contributed by atoms with E-state index in [-0.39, 0.29) is 23.6 Å². The standard InChI is InChI=1S/C21H31ClN4O3/c1-13(2)11-17(23)19(27)25-14(3)21(29)26-10-4-5-18(26)20(28)24-12-15-6-8-16(22)9-7-15/h6-9,13-14,17-18H,4-5,10-12,23H2,1-3H3,(H,24,28)(H,25,27)/t14-,17-,18-/m0/s1. The van der Waals surface area contributed by atoms with E-state index in [0.29, 0.717) is 31.0 Å². The predicted molar refractivity (Wildman–Crippen MR) is 113 cm³/mol. The molecule has 0 radical (unpaired) electrons. The molecule has 0 unspecified atom stereocenters. The number of nitrogens with one attached hydrogen (secondary N) is 2. The van der Waals surface area contributed by atoms with E-state index in [1.165, 1.54) is 0 Å². The second kappa shape index (κ2) is 10.6. The molecule has 7 nitrogen and oxygen atoms in total. The number of carbonyl (C=O) groups excluding carboxylic acids is 3. The van der Waals surface area contributed by atoms with Crippen molar-refractivity contribution in [2.45, 2.75) is 64.7 Å². The molecule has 0 aliphatic carbocycles. The summed E-state index contributed by atoms with van der Waals surface area (Å²) >= 11 is 5.87. The van der Waals surface area contributed by atoms with Gasteiger partial charge in [-0.1, -0.05) is 37.6 Å². The van der Waals surface area contributed by atoms with E-state index in [1.54, 1.807) is 24.0 Å². The van der Waals surface area contributed by atoms with Crippen molar-refractivity contribution in [2.75, 3.05) is 6.54 Å². The Labute approximate surface area is 177 Å². The number of likely N-dealkylation sites (tertiary alicyclic amines) is 1. The van der Waals surface area contributed by atoms with Gasteiger partial charge in [0.1, 0.15) is 12.1 Å². The number of hydrogen-bond donors (Lipinski definition) is 3. The van der Waals surface area contributed by atoms with Gasteiger partial charge in [0.15, 0.2) is 0 Å². The predicted octanol–water partition coefficient (Wildman–Crippen LogP) is 1.83. The average Bonchev–Trinajstić information content (AvgIpc) is 3.15. The number of nitrogens with zero attached hydrogens (tertiary/aromatic N) is 1. The van der Waals surface area contributed by atoms with Crippen molar-refractivity contribution in [1.29, 1.82) is 0 Å². The Balaban J connectivity index is 1.90. The lowest BCUT2D eigenvalue weighted by molar-refractivity contribution is -0.141. The van der Waals surface area contributed by atoms with Gasteiger partial charge in [0, 0.05) is 18.1 Å². The number of hydrogen-bond acceptors (Lipinski definition) is 4. The van der Waals surface area contributed by atoms with Gasteiger partial charge in [-0.05, 0) is 49.8 Å². The first kappa shape index (κ1) is 23.2. The minimum absolute atomic E-state index is 0.194. The molecule has 1 aromatic carbocycles. The monoisotopic (exact) mass is 422 g/mol. The molecule has 3 atom stereocenters. The molecular formula is C21H31ClN4O3. The van der Waals surface area contributed by atoms with Crippen molar-refractivity contribution < 1.29 is 14.4 Å². The van der Waals surface area contributed by atoms with Crippen LogP contribution in [0.4, 0.5) is 0 Å². The first-order valence-corrected chi connectivity index (χ1v) is 10.5. The third kappa shape index (κ3) is 6.72. The number of benzene rings is 1. The quantitative estimate of drug-likeness (QED) is 0.594. The fourth-order valence-electron chi connectivity index (χ4n) is 3.46. The van der Waals surface area contributed by atoms with E-state index in [0.717, 1.165) is 12.0 Å². The molecule has 0 saturated carbocycles. The summed E-state index contributed by atoms with van der Waals surface area (Å²) in [6.45, 7) is 6.46. The lowest BCUT2D eigenvalue weighted by Crippen LogP contribution is -2.54. The number of amides is 3. The first-order valence-electron chi connectivity index (χ1n) is 10.1. The number of rotatable bonds is 8. The van der Waals surface area contributed by atoms with Crippen LogP contribution < -0.4 is 16.4 Å². The van der Waals surface area contributed by atoms with Crippen LogP contribution in [0.3, 0.4) is 0 Å². The molecule has 4 N–H and O–H groups in total. The molecule has 1 saturated heterocycles. The minimum Gasteiger partial charge on any atom is -0.350 e. The maximum Gasteiger partial charge on any atom is 0.245 e. The molecule has 1 aromatic rings. The van der Waals surface area contributed by atoms with E-state index in [4.69, 9.17) is 17.3 Å². The van der Waals surface area contributed by atoms with E-state index in [1.807, 2.05) is 26.0 Å². The molecule has 1 fully saturated rings. The molecule has 1 aliphatic rings. The van der Waals surface area contributed by atoms with Crippen LogP contribution in [0.2, 0.25) is 5.02 Å². The SMILES string of the molecule is CC(C)C[C@H](N)C(=O)N[C@@H](C)C(=O)N1CCC[C@H]1C(=O)NCc1ccc(Cl)cc1. The van der Waals surface area contributed by atoms with Crippen molar-refractivity contribution in [3.05, 3.63) is 34.9 Å². The van der Waals surface area contributed by atoms with Crippen LogP contribution in [0.15, 0.2) is 24.3 Å². The third-order valence-electron chi connectivity index (χ3n) is 5.01. The van der Waals surface area contributed by atoms with Gasteiger partial charge in [-0.3, -0.25) is 14.4 Å². The molecule has 0 aromatic heterocycles. The summed E-state index contributed by atoms with van der Waals surface area (Å²) in [7, 11) is 0. The van der Waals surface area contributed by atoms with Gasteiger partial charge in [0.2, 0.25) is 17.7 Å². The van der Waals surface area contributed by atoms with Crippen LogP contribution in [0.1, 0.15) is 45.6 Å². The molecule has 2 rings (SSSR count). The van der Waals surface area contributed by atoms with E-state index in [9.17, 15) is 14.4 Å². The molecule has 0 spiro atoms. The molecule has 0 bridgehead atoms. The Morgan fingerprint density at radius 1 is 1.21 bits per heavy atom. The lowest BCUT2D eigenvalue weighted by atomic mass is 10.0. The molecule has 1 heterocycles. The molecule has 8 heteroatoms. The van der Waals surface area contributed by atoms with Gasteiger partial charge in [-0.2, -0.15) is 0 Å². The zero-order valence-corrected chi connectivity index (χ0v) is 18.0. The van der Waals surface area contributed by atoms with Crippen LogP contribution in [0, 0.1) is 5.92 Å². The molecular weight excluding hydrogens is 392 g/mol. The summed E-state index contributed by atoms with van der Waals surface area (Å²) in [5.74, 6) is -0.517. The second-order valence-electron chi connectivity index (χ2n) is 8.00. The summed E-state index contributed by atoms with van der Waals surface area (Å²) in [5, 5.41) is 6.20. The second-order valence-corrected chi connectivity index (χ2v) is 8.44. The zero-order chi connectivity index (χ0) is 21.6. The summed E-state index contributed by atoms with van der Waals surface area (Å²) in [4.78, 5) is 39.2. The van der Waals surface area contributed by atoms with Gasteiger partial charge < -0.3 is 21.3 Å². The number of carbonyl (C=O) groups is 3. The fourth-order valence-corrected chi connectivity index (χ4v) is 3.58. The van der Waals surface area contributed by atoms with Crippen molar-refractivity contribution >= 4 is 29.3 Å². The highest BCUT2D eigenvalue weighted by Crippen LogP contribution is 2.19. The van der Waals surface area contributed by atoms with Crippen LogP contribution in [0.25, 0.3) is 0 Å². The summed E-state index contributed by atoms with van der Waals surface area (Å²) in [5.41, 5.74) is 6.82. The maximum atomic E-state index is 12.8. The van der Waals surface area contributed by atoms with Gasteiger partial charge >= 0.3 is 0 Å². The highest BCUT2D eigenvalue weighted by atomic mass is 35.5. The van der Waals surface area contributed by atoms with Gasteiger partial charge in [0.05, 0.1) is 6.04 Å². The average molecular weight is 423 g/mol. The first-order chi connectivity index (χ1) is 13.7. The van der Waals surface area contributed by atoms with Crippen LogP contribution in [-0.2, 0) is 20.9 Å². The smallest absolute Gasteiger partial charge is 0.245 e. The van der Waals surface area contributed by atoms with Crippen LogP contribution in [-0.4, -0.2) is 47.3 Å². The largest absolute Gasteiger partial charge is 0.350 e. The van der Waals surface area contributed by atoms with Crippen LogP contribution in [0.5, 0.6) is 0 Å². The van der Waals surface area contributed by atoms with Gasteiger partial charge in [0.25, 0.3) is 0 Å². The summed E-state index contributed by atoms with van der Waals surface area (Å²) in [6.07, 6.45) is 1.90. The van der Waals surface area contributed by atoms with Gasteiger partial charge in [-0.15, -0.1) is 0 Å². The van der Waals surface area contributed by atoms with Crippen molar-refractivity contribution in [1.82, 2.24) is 15.5 Å². The molecule has 1 aliphatic heterocycles. The number of nitrogens with two attached hydrogens (primary N) is 1. The topological polar surface area (TPSA) is 105 Å². The lowest BCUT2D eigenvalue weighted by Gasteiger charge is -2.27. The minimum atomic E-state index is -0.731. The normalized spacial score (nSPS) is 18.4.